The molecule has 0 N–H and O–H groups in total. The van der Waals surface area contributed by atoms with Crippen LogP contribution in [0.15, 0.2) is 41.1 Å². The second kappa shape index (κ2) is 5.97. The fraction of sp³-hybridized carbons (Fsp3) is 0.214. The molecule has 2 heterocycles. The molecule has 7 heteroatoms. The van der Waals surface area contributed by atoms with Gasteiger partial charge >= 0.3 is 6.08 Å². The van der Waals surface area contributed by atoms with E-state index in [-0.39, 0.29) is 6.08 Å². The highest BCUT2D eigenvalue weighted by molar-refractivity contribution is 6.33. The van der Waals surface area contributed by atoms with Crippen LogP contribution in [0.5, 0.6) is 6.08 Å². The van der Waals surface area contributed by atoms with Crippen molar-refractivity contribution < 1.29 is 9.26 Å². The van der Waals surface area contributed by atoms with Gasteiger partial charge in [-0.3, -0.25) is 9.20 Å². The normalized spacial score (nSPS) is 10.8. The van der Waals surface area contributed by atoms with E-state index < -0.39 is 0 Å². The van der Waals surface area contributed by atoms with Crippen LogP contribution in [0.1, 0.15) is 5.69 Å². The monoisotopic (exact) mass is 304 g/mol. The lowest BCUT2D eigenvalue weighted by molar-refractivity contribution is 0.205. The van der Waals surface area contributed by atoms with Gasteiger partial charge in [0.05, 0.1) is 11.6 Å². The molecule has 2 aromatic heterocycles. The number of rotatable bonds is 5. The molecule has 0 saturated heterocycles. The molecule has 0 aliphatic heterocycles. The summed E-state index contributed by atoms with van der Waals surface area (Å²) in [4.78, 5) is 4.18. The number of ether oxygens (including phenoxy) is 1. The van der Waals surface area contributed by atoms with E-state index in [2.05, 4.69) is 15.2 Å². The molecule has 3 aromatic rings. The standard InChI is InChI=1S/C14H13ClN4O2/c1-19-10(6-8-16-19)7-9-20-14-17-13(18-21-14)11-4-2-3-5-12(11)15/h2-6,8H,7,9H2,1H3. The number of aromatic nitrogens is 4. The average Bonchev–Trinajstić information content (AvgIpc) is 3.10. The van der Waals surface area contributed by atoms with Crippen molar-refractivity contribution in [1.29, 1.82) is 0 Å². The third-order valence-corrected chi connectivity index (χ3v) is 3.36. The van der Waals surface area contributed by atoms with Gasteiger partial charge in [0.25, 0.3) is 0 Å². The van der Waals surface area contributed by atoms with Gasteiger partial charge in [0.2, 0.25) is 5.82 Å². The topological polar surface area (TPSA) is 66.0 Å². The molecule has 6 nitrogen and oxygen atoms in total. The molecule has 0 amide bonds. The van der Waals surface area contributed by atoms with Crippen LogP contribution in [0, 0.1) is 0 Å². The van der Waals surface area contributed by atoms with Crippen molar-refractivity contribution in [3.05, 3.63) is 47.2 Å². The molecule has 0 unspecified atom stereocenters. The fourth-order valence-corrected chi connectivity index (χ4v) is 2.13. The van der Waals surface area contributed by atoms with Crippen molar-refractivity contribution in [2.24, 2.45) is 7.05 Å². The van der Waals surface area contributed by atoms with Gasteiger partial charge in [-0.25, -0.2) is 0 Å². The van der Waals surface area contributed by atoms with Crippen molar-refractivity contribution in [2.75, 3.05) is 6.61 Å². The van der Waals surface area contributed by atoms with E-state index in [1.807, 2.05) is 31.3 Å². The minimum absolute atomic E-state index is 0.132. The Kier molecular flexibility index (Phi) is 3.87. The summed E-state index contributed by atoms with van der Waals surface area (Å²) in [5.74, 6) is 0.413. The lowest BCUT2D eigenvalue weighted by Crippen LogP contribution is -2.06. The molecular formula is C14H13ClN4O2. The lowest BCUT2D eigenvalue weighted by atomic mass is 10.2. The second-order valence-electron chi connectivity index (χ2n) is 4.41. The Morgan fingerprint density at radius 1 is 1.29 bits per heavy atom. The zero-order chi connectivity index (χ0) is 14.7. The molecule has 21 heavy (non-hydrogen) atoms. The van der Waals surface area contributed by atoms with Crippen LogP contribution >= 0.6 is 11.6 Å². The van der Waals surface area contributed by atoms with Crippen molar-refractivity contribution in [3.63, 3.8) is 0 Å². The average molecular weight is 305 g/mol. The molecule has 0 spiro atoms. The van der Waals surface area contributed by atoms with Gasteiger partial charge in [0.1, 0.15) is 0 Å². The minimum atomic E-state index is 0.132. The van der Waals surface area contributed by atoms with Crippen LogP contribution in [0.2, 0.25) is 5.02 Å². The van der Waals surface area contributed by atoms with E-state index in [0.29, 0.717) is 29.4 Å². The highest BCUT2D eigenvalue weighted by Gasteiger charge is 2.12. The van der Waals surface area contributed by atoms with Gasteiger partial charge in [0, 0.05) is 30.9 Å². The van der Waals surface area contributed by atoms with E-state index in [1.165, 1.54) is 0 Å². The van der Waals surface area contributed by atoms with Crippen LogP contribution < -0.4 is 4.74 Å². The van der Waals surface area contributed by atoms with E-state index in [9.17, 15) is 0 Å². The quantitative estimate of drug-likeness (QED) is 0.725. The molecule has 3 rings (SSSR count). The van der Waals surface area contributed by atoms with Crippen LogP contribution in [-0.4, -0.2) is 26.5 Å². The molecule has 0 saturated carbocycles. The van der Waals surface area contributed by atoms with Gasteiger partial charge < -0.3 is 4.74 Å². The molecule has 0 aliphatic carbocycles. The highest BCUT2D eigenvalue weighted by Crippen LogP contribution is 2.26. The summed E-state index contributed by atoms with van der Waals surface area (Å²) >= 11 is 6.09. The molecule has 0 bridgehead atoms. The van der Waals surface area contributed by atoms with Gasteiger partial charge in [-0.1, -0.05) is 28.9 Å². The number of aryl methyl sites for hydroxylation is 1. The first-order chi connectivity index (χ1) is 10.2. The minimum Gasteiger partial charge on any atom is -0.448 e. The van der Waals surface area contributed by atoms with Crippen molar-refractivity contribution in [3.8, 4) is 17.5 Å². The predicted octanol–water partition coefficient (Wildman–Crippen LogP) is 2.75. The van der Waals surface area contributed by atoms with Gasteiger partial charge in [0.15, 0.2) is 0 Å². The predicted molar refractivity (Wildman–Crippen MR) is 77.2 cm³/mol. The molecule has 0 fully saturated rings. The number of hydrogen-bond donors (Lipinski definition) is 0. The summed E-state index contributed by atoms with van der Waals surface area (Å²) in [6.45, 7) is 0.434. The first-order valence-electron chi connectivity index (χ1n) is 6.42. The Balaban J connectivity index is 1.63. The Morgan fingerprint density at radius 2 is 2.14 bits per heavy atom. The van der Waals surface area contributed by atoms with E-state index in [4.69, 9.17) is 20.9 Å². The summed E-state index contributed by atoms with van der Waals surface area (Å²) in [6.07, 6.45) is 2.59. The van der Waals surface area contributed by atoms with E-state index >= 15 is 0 Å². The maximum Gasteiger partial charge on any atom is 0.417 e. The van der Waals surface area contributed by atoms with Crippen LogP contribution in [0.25, 0.3) is 11.4 Å². The Hall–Kier alpha value is -2.34. The second-order valence-corrected chi connectivity index (χ2v) is 4.82. The summed E-state index contributed by atoms with van der Waals surface area (Å²) in [5.41, 5.74) is 1.78. The molecular weight excluding hydrogens is 292 g/mol. The zero-order valence-electron chi connectivity index (χ0n) is 11.4. The SMILES string of the molecule is Cn1nccc1CCOc1nc(-c2ccccc2Cl)no1. The van der Waals surface area contributed by atoms with Crippen LogP contribution in [-0.2, 0) is 13.5 Å². The third-order valence-electron chi connectivity index (χ3n) is 3.03. The zero-order valence-corrected chi connectivity index (χ0v) is 12.1. The third kappa shape index (κ3) is 3.05. The van der Waals surface area contributed by atoms with Crippen LogP contribution in [0.3, 0.4) is 0 Å². The van der Waals surface area contributed by atoms with Crippen molar-refractivity contribution in [1.82, 2.24) is 19.9 Å². The number of benzene rings is 1. The number of nitrogens with zero attached hydrogens (tertiary/aromatic N) is 4. The summed E-state index contributed by atoms with van der Waals surface area (Å²) < 4.78 is 12.3. The van der Waals surface area contributed by atoms with Gasteiger partial charge in [-0.05, 0) is 18.2 Å². The summed E-state index contributed by atoms with van der Waals surface area (Å²) in [7, 11) is 1.89. The van der Waals surface area contributed by atoms with Gasteiger partial charge in [-0.2, -0.15) is 10.1 Å². The van der Waals surface area contributed by atoms with Gasteiger partial charge in [-0.15, -0.1) is 0 Å². The first-order valence-corrected chi connectivity index (χ1v) is 6.80. The molecule has 108 valence electrons. The maximum absolute atomic E-state index is 6.09. The number of hydrogen-bond acceptors (Lipinski definition) is 5. The van der Waals surface area contributed by atoms with Crippen LogP contribution in [0.4, 0.5) is 0 Å². The Morgan fingerprint density at radius 3 is 2.90 bits per heavy atom. The molecule has 0 atom stereocenters. The number of halogens is 1. The summed E-state index contributed by atoms with van der Waals surface area (Å²) in [6, 6.07) is 9.24. The highest BCUT2D eigenvalue weighted by atomic mass is 35.5. The molecule has 0 aliphatic rings. The fourth-order valence-electron chi connectivity index (χ4n) is 1.91. The van der Waals surface area contributed by atoms with Crippen molar-refractivity contribution in [2.45, 2.75) is 6.42 Å². The van der Waals surface area contributed by atoms with E-state index in [0.717, 1.165) is 5.69 Å². The Labute approximate surface area is 126 Å². The lowest BCUT2D eigenvalue weighted by Gasteiger charge is -2.01. The van der Waals surface area contributed by atoms with Crippen molar-refractivity contribution >= 4 is 11.6 Å². The largest absolute Gasteiger partial charge is 0.448 e. The molecule has 1 aromatic carbocycles. The van der Waals surface area contributed by atoms with E-state index in [1.54, 1.807) is 16.9 Å². The Bertz CT molecular complexity index is 738. The maximum atomic E-state index is 6.09. The summed E-state index contributed by atoms with van der Waals surface area (Å²) in [5, 5.41) is 8.53. The first kappa shape index (κ1) is 13.6. The molecule has 0 radical (unpaired) electrons. The smallest absolute Gasteiger partial charge is 0.417 e.